The molecule has 18 heavy (non-hydrogen) atoms. The topological polar surface area (TPSA) is 33.4 Å². The molecule has 90 valence electrons. The van der Waals surface area contributed by atoms with Gasteiger partial charge in [0.1, 0.15) is 11.9 Å². The van der Waals surface area contributed by atoms with E-state index in [2.05, 4.69) is 0 Å². The number of rotatable bonds is 2. The van der Waals surface area contributed by atoms with Crippen LogP contribution in [0.5, 0.6) is 0 Å². The molecule has 0 bridgehead atoms. The molecule has 1 unspecified atom stereocenters. The minimum absolute atomic E-state index is 0.504. The molecule has 0 amide bonds. The molecule has 3 rings (SSSR count). The minimum Gasteiger partial charge on any atom is -0.456 e. The SMILES string of the molecule is OC(c1ccccc1)c1cc2cccc(Cl)c2o1. The summed E-state index contributed by atoms with van der Waals surface area (Å²) in [5, 5.41) is 11.7. The lowest BCUT2D eigenvalue weighted by Crippen LogP contribution is -1.96. The van der Waals surface area contributed by atoms with Crippen LogP contribution in [0.15, 0.2) is 59.0 Å². The zero-order valence-electron chi connectivity index (χ0n) is 9.51. The first-order valence-corrected chi connectivity index (χ1v) is 6.04. The zero-order chi connectivity index (χ0) is 12.5. The van der Waals surface area contributed by atoms with Gasteiger partial charge in [-0.2, -0.15) is 0 Å². The molecular weight excluding hydrogens is 248 g/mol. The molecule has 1 aromatic heterocycles. The monoisotopic (exact) mass is 258 g/mol. The van der Waals surface area contributed by atoms with Gasteiger partial charge >= 0.3 is 0 Å². The smallest absolute Gasteiger partial charge is 0.153 e. The number of fused-ring (bicyclic) bond motifs is 1. The fourth-order valence-corrected chi connectivity index (χ4v) is 2.20. The van der Waals surface area contributed by atoms with Gasteiger partial charge in [0.15, 0.2) is 5.58 Å². The highest BCUT2D eigenvalue weighted by Crippen LogP contribution is 2.31. The fourth-order valence-electron chi connectivity index (χ4n) is 1.98. The normalized spacial score (nSPS) is 12.8. The van der Waals surface area contributed by atoms with Gasteiger partial charge in [-0.3, -0.25) is 0 Å². The first-order chi connectivity index (χ1) is 8.75. The van der Waals surface area contributed by atoms with Crippen LogP contribution in [0.1, 0.15) is 17.4 Å². The van der Waals surface area contributed by atoms with Gasteiger partial charge in [-0.1, -0.05) is 54.1 Å². The average molecular weight is 259 g/mol. The number of halogens is 1. The Morgan fingerprint density at radius 2 is 1.78 bits per heavy atom. The molecule has 2 nitrogen and oxygen atoms in total. The number of aliphatic hydroxyl groups is 1. The number of furan rings is 1. The van der Waals surface area contributed by atoms with E-state index in [4.69, 9.17) is 16.0 Å². The first-order valence-electron chi connectivity index (χ1n) is 5.66. The predicted octanol–water partition coefficient (Wildman–Crippen LogP) is 4.17. The standard InChI is InChI=1S/C15H11ClO2/c16-12-8-4-7-11-9-13(18-15(11)12)14(17)10-5-2-1-3-6-10/h1-9,14,17H. The Hall–Kier alpha value is -1.77. The van der Waals surface area contributed by atoms with Gasteiger partial charge in [0.25, 0.3) is 0 Å². The maximum Gasteiger partial charge on any atom is 0.153 e. The lowest BCUT2D eigenvalue weighted by Gasteiger charge is -2.06. The van der Waals surface area contributed by atoms with E-state index in [1.807, 2.05) is 48.5 Å². The van der Waals surface area contributed by atoms with Crippen LogP contribution in [-0.2, 0) is 0 Å². The Bertz CT molecular complexity index is 673. The summed E-state index contributed by atoms with van der Waals surface area (Å²) in [5.41, 5.74) is 1.41. The molecule has 1 N–H and O–H groups in total. The van der Waals surface area contributed by atoms with Crippen LogP contribution in [-0.4, -0.2) is 5.11 Å². The molecule has 1 atom stereocenters. The molecule has 0 radical (unpaired) electrons. The molecule has 0 aliphatic rings. The highest BCUT2D eigenvalue weighted by Gasteiger charge is 2.16. The second-order valence-electron chi connectivity index (χ2n) is 4.12. The molecule has 2 aromatic carbocycles. The predicted molar refractivity (Wildman–Crippen MR) is 71.7 cm³/mol. The van der Waals surface area contributed by atoms with Gasteiger partial charge in [0, 0.05) is 5.39 Å². The van der Waals surface area contributed by atoms with Crippen molar-refractivity contribution in [2.45, 2.75) is 6.10 Å². The van der Waals surface area contributed by atoms with E-state index in [0.717, 1.165) is 10.9 Å². The summed E-state index contributed by atoms with van der Waals surface area (Å²) in [6.45, 7) is 0. The molecule has 0 aliphatic heterocycles. The Morgan fingerprint density at radius 3 is 2.50 bits per heavy atom. The number of hydrogen-bond acceptors (Lipinski definition) is 2. The van der Waals surface area contributed by atoms with Crippen LogP contribution >= 0.6 is 11.6 Å². The summed E-state index contributed by atoms with van der Waals surface area (Å²) in [6.07, 6.45) is -0.769. The molecule has 0 spiro atoms. The second kappa shape index (κ2) is 4.48. The molecular formula is C15H11ClO2. The van der Waals surface area contributed by atoms with Crippen molar-refractivity contribution < 1.29 is 9.52 Å². The second-order valence-corrected chi connectivity index (χ2v) is 4.53. The largest absolute Gasteiger partial charge is 0.456 e. The van der Waals surface area contributed by atoms with Crippen LogP contribution in [0.4, 0.5) is 0 Å². The number of aliphatic hydroxyl groups excluding tert-OH is 1. The van der Waals surface area contributed by atoms with Crippen LogP contribution in [0.3, 0.4) is 0 Å². The van der Waals surface area contributed by atoms with Gasteiger partial charge in [-0.05, 0) is 17.7 Å². The van der Waals surface area contributed by atoms with Crippen LogP contribution in [0.25, 0.3) is 11.0 Å². The molecule has 3 heteroatoms. The lowest BCUT2D eigenvalue weighted by molar-refractivity contribution is 0.192. The molecule has 0 saturated heterocycles. The van der Waals surface area contributed by atoms with Crippen molar-refractivity contribution in [3.05, 3.63) is 70.9 Å². The summed E-state index contributed by atoms with van der Waals surface area (Å²) < 4.78 is 5.63. The summed E-state index contributed by atoms with van der Waals surface area (Å²) >= 11 is 6.05. The Morgan fingerprint density at radius 1 is 1.00 bits per heavy atom. The van der Waals surface area contributed by atoms with Crippen molar-refractivity contribution in [3.63, 3.8) is 0 Å². The van der Waals surface area contributed by atoms with Crippen LogP contribution in [0.2, 0.25) is 5.02 Å². The molecule has 0 fully saturated rings. The fraction of sp³-hybridized carbons (Fsp3) is 0.0667. The molecule has 3 aromatic rings. The van der Waals surface area contributed by atoms with E-state index < -0.39 is 6.10 Å². The van der Waals surface area contributed by atoms with Gasteiger partial charge in [-0.25, -0.2) is 0 Å². The lowest BCUT2D eigenvalue weighted by atomic mass is 10.1. The van der Waals surface area contributed by atoms with Crippen LogP contribution < -0.4 is 0 Å². The van der Waals surface area contributed by atoms with E-state index in [9.17, 15) is 5.11 Å². The third kappa shape index (κ3) is 1.90. The molecule has 1 heterocycles. The van der Waals surface area contributed by atoms with Gasteiger partial charge in [-0.15, -0.1) is 0 Å². The van der Waals surface area contributed by atoms with Crippen molar-refractivity contribution in [3.8, 4) is 0 Å². The third-order valence-electron chi connectivity index (χ3n) is 2.90. The van der Waals surface area contributed by atoms with Crippen molar-refractivity contribution >= 4 is 22.6 Å². The number of para-hydroxylation sites is 1. The summed E-state index contributed by atoms with van der Waals surface area (Å²) in [6, 6.07) is 16.8. The van der Waals surface area contributed by atoms with E-state index in [1.165, 1.54) is 0 Å². The third-order valence-corrected chi connectivity index (χ3v) is 3.20. The van der Waals surface area contributed by atoms with Crippen molar-refractivity contribution in [1.82, 2.24) is 0 Å². The molecule has 0 saturated carbocycles. The maximum atomic E-state index is 10.2. The van der Waals surface area contributed by atoms with E-state index >= 15 is 0 Å². The summed E-state index contributed by atoms with van der Waals surface area (Å²) in [4.78, 5) is 0. The Labute approximate surface area is 109 Å². The maximum absolute atomic E-state index is 10.2. The molecule has 0 aliphatic carbocycles. The van der Waals surface area contributed by atoms with E-state index in [-0.39, 0.29) is 0 Å². The van der Waals surface area contributed by atoms with E-state index in [0.29, 0.717) is 16.4 Å². The average Bonchev–Trinajstić information content (AvgIpc) is 2.84. The van der Waals surface area contributed by atoms with E-state index in [1.54, 1.807) is 6.07 Å². The summed E-state index contributed by atoms with van der Waals surface area (Å²) in [5.74, 6) is 0.504. The van der Waals surface area contributed by atoms with Crippen molar-refractivity contribution in [2.75, 3.05) is 0 Å². The van der Waals surface area contributed by atoms with Gasteiger partial charge in [0.05, 0.1) is 5.02 Å². The Kier molecular flexibility index (Phi) is 2.82. The zero-order valence-corrected chi connectivity index (χ0v) is 10.3. The minimum atomic E-state index is -0.769. The highest BCUT2D eigenvalue weighted by molar-refractivity contribution is 6.34. The van der Waals surface area contributed by atoms with Crippen LogP contribution in [0, 0.1) is 0 Å². The summed E-state index contributed by atoms with van der Waals surface area (Å²) in [7, 11) is 0. The Balaban J connectivity index is 2.07. The van der Waals surface area contributed by atoms with Gasteiger partial charge in [0.2, 0.25) is 0 Å². The number of hydrogen-bond donors (Lipinski definition) is 1. The number of benzene rings is 2. The quantitative estimate of drug-likeness (QED) is 0.748. The first kappa shape index (κ1) is 11.3. The highest BCUT2D eigenvalue weighted by atomic mass is 35.5. The van der Waals surface area contributed by atoms with Crippen molar-refractivity contribution in [2.24, 2.45) is 0 Å². The van der Waals surface area contributed by atoms with Gasteiger partial charge < -0.3 is 9.52 Å². The van der Waals surface area contributed by atoms with Crippen molar-refractivity contribution in [1.29, 1.82) is 0 Å².